The van der Waals surface area contributed by atoms with Crippen molar-refractivity contribution in [1.29, 1.82) is 10.8 Å². The second-order valence-electron chi connectivity index (χ2n) is 2.10. The van der Waals surface area contributed by atoms with E-state index in [9.17, 15) is 20.2 Å². The second-order valence-corrected chi connectivity index (χ2v) is 2.10. The van der Waals surface area contributed by atoms with Crippen LogP contribution in [-0.2, 0) is 0 Å². The van der Waals surface area contributed by atoms with Crippen molar-refractivity contribution < 1.29 is 10.1 Å². The molecule has 0 saturated carbocycles. The summed E-state index contributed by atoms with van der Waals surface area (Å²) in [5, 5.41) is 30.1. The quantitative estimate of drug-likeness (QED) is 0.411. The van der Waals surface area contributed by atoms with Gasteiger partial charge < -0.3 is 0 Å². The van der Waals surface area contributed by atoms with Crippen LogP contribution in [-0.4, -0.2) is 10.1 Å². The molecular weight excluding hydrogens is 206 g/mol. The molecule has 0 radical (unpaired) electrons. The van der Waals surface area contributed by atoms with E-state index in [1.807, 2.05) is 0 Å². The average molecular weight is 211 g/mol. The van der Waals surface area contributed by atoms with Crippen molar-refractivity contribution in [2.24, 2.45) is 0 Å². The molecule has 0 fully saturated rings. The third-order valence-corrected chi connectivity index (χ3v) is 1.30. The molecule has 0 aromatic heterocycles. The Hall–Kier alpha value is -2.76. The van der Waals surface area contributed by atoms with Crippen LogP contribution >= 0.6 is 0 Å². The van der Waals surface area contributed by atoms with Crippen LogP contribution in [0.15, 0.2) is 30.3 Å². The van der Waals surface area contributed by atoms with Gasteiger partial charge in [0.05, 0.1) is 0 Å². The maximum absolute atomic E-state index is 10.2. The Labute approximate surface area is 83.2 Å². The number of para-hydroxylation sites is 1. The van der Waals surface area contributed by atoms with E-state index in [2.05, 4.69) is 0 Å². The zero-order valence-corrected chi connectivity index (χ0v) is 7.26. The summed E-state index contributed by atoms with van der Waals surface area (Å²) < 4.78 is 0. The van der Waals surface area contributed by atoms with Crippen LogP contribution in [0.2, 0.25) is 0 Å². The van der Waals surface area contributed by atoms with E-state index < -0.39 is 10.1 Å². The fraction of sp³-hybridized carbons (Fsp3) is 0. The van der Waals surface area contributed by atoms with Crippen molar-refractivity contribution >= 4 is 5.69 Å². The summed E-state index contributed by atoms with van der Waals surface area (Å²) in [4.78, 5) is 20.5. The topological polar surface area (TPSA) is 137 Å². The molecule has 1 rings (SSSR count). The molecule has 0 aliphatic heterocycles. The largest absolute Gasteiger partial charge is 0.230 e. The van der Waals surface area contributed by atoms with Gasteiger partial charge in [-0.1, -0.05) is 18.2 Å². The van der Waals surface area contributed by atoms with Crippen molar-refractivity contribution in [3.8, 4) is 0 Å². The Morgan fingerprint density at radius 1 is 1.00 bits per heavy atom. The Balaban J connectivity index is 0.000000921. The van der Waals surface area contributed by atoms with Crippen molar-refractivity contribution in [3.05, 3.63) is 50.6 Å². The summed E-state index contributed by atoms with van der Waals surface area (Å²) in [6.07, 6.45) is 0. The van der Waals surface area contributed by atoms with E-state index in [-0.39, 0.29) is 10.8 Å². The molecule has 0 unspecified atom stereocenters. The summed E-state index contributed by atoms with van der Waals surface area (Å²) in [6, 6.07) is 7.14. The van der Waals surface area contributed by atoms with Crippen molar-refractivity contribution in [1.82, 2.24) is 0 Å². The third-order valence-electron chi connectivity index (χ3n) is 1.30. The van der Waals surface area contributed by atoms with Gasteiger partial charge in [-0.05, 0) is 12.1 Å². The molecule has 0 aliphatic carbocycles. The van der Waals surface area contributed by atoms with Gasteiger partial charge >= 0.3 is 0 Å². The Kier molecular flexibility index (Phi) is 4.74. The summed E-state index contributed by atoms with van der Waals surface area (Å²) in [7, 11) is 0. The van der Waals surface area contributed by atoms with E-state index in [1.165, 1.54) is 24.3 Å². The minimum Gasteiger partial charge on any atom is -0.230 e. The first kappa shape index (κ1) is 12.2. The predicted molar refractivity (Wildman–Crippen MR) is 46.4 cm³/mol. The van der Waals surface area contributed by atoms with Crippen molar-refractivity contribution in [2.75, 3.05) is 5.12 Å². The average Bonchev–Trinajstić information content (AvgIpc) is 2.21. The SMILES string of the molecule is N#N.O=[N+]([O-])N(c1ccccc1)[N+](=O)[O-]. The molecule has 0 aliphatic rings. The van der Waals surface area contributed by atoms with E-state index in [0.717, 1.165) is 0 Å². The Bertz CT molecular complexity index is 350. The van der Waals surface area contributed by atoms with Crippen molar-refractivity contribution in [2.45, 2.75) is 0 Å². The van der Waals surface area contributed by atoms with Crippen LogP contribution in [0.4, 0.5) is 5.69 Å². The molecule has 9 heteroatoms. The van der Waals surface area contributed by atoms with Crippen molar-refractivity contribution in [3.63, 3.8) is 0 Å². The van der Waals surface area contributed by atoms with Gasteiger partial charge in [0.15, 0.2) is 10.8 Å². The number of nitrogens with zero attached hydrogens (tertiary/aromatic N) is 5. The highest BCUT2D eigenvalue weighted by molar-refractivity contribution is 5.40. The lowest BCUT2D eigenvalue weighted by atomic mass is 10.3. The maximum atomic E-state index is 10.2. The van der Waals surface area contributed by atoms with Gasteiger partial charge in [-0.2, -0.15) is 0 Å². The van der Waals surface area contributed by atoms with E-state index in [4.69, 9.17) is 10.8 Å². The van der Waals surface area contributed by atoms with Gasteiger partial charge in [-0.25, -0.2) is 20.2 Å². The molecule has 0 saturated heterocycles. The Morgan fingerprint density at radius 3 is 1.73 bits per heavy atom. The van der Waals surface area contributed by atoms with Gasteiger partial charge in [0, 0.05) is 10.8 Å². The zero-order chi connectivity index (χ0) is 11.8. The smallest absolute Gasteiger partial charge is 0.228 e. The first-order chi connectivity index (χ1) is 7.13. The lowest BCUT2D eigenvalue weighted by Gasteiger charge is -2.01. The highest BCUT2D eigenvalue weighted by Crippen LogP contribution is 2.12. The molecule has 15 heavy (non-hydrogen) atoms. The van der Waals surface area contributed by atoms with Crippen LogP contribution in [0.5, 0.6) is 0 Å². The highest BCUT2D eigenvalue weighted by Gasteiger charge is 2.29. The first-order valence-electron chi connectivity index (χ1n) is 3.46. The van der Waals surface area contributed by atoms with Crippen LogP contribution < -0.4 is 5.12 Å². The first-order valence-corrected chi connectivity index (χ1v) is 3.46. The second kappa shape index (κ2) is 5.81. The van der Waals surface area contributed by atoms with Gasteiger partial charge in [0.2, 0.25) is 10.1 Å². The van der Waals surface area contributed by atoms with Gasteiger partial charge in [-0.15, -0.1) is 0 Å². The van der Waals surface area contributed by atoms with Gasteiger partial charge in [0.25, 0.3) is 0 Å². The third kappa shape index (κ3) is 3.23. The van der Waals surface area contributed by atoms with Crippen LogP contribution in [0.3, 0.4) is 0 Å². The summed E-state index contributed by atoms with van der Waals surface area (Å²) in [6.45, 7) is 0. The Morgan fingerprint density at radius 2 is 1.40 bits per heavy atom. The summed E-state index contributed by atoms with van der Waals surface area (Å²) >= 11 is 0. The molecule has 0 spiro atoms. The molecule has 9 nitrogen and oxygen atoms in total. The fourth-order valence-corrected chi connectivity index (χ4v) is 0.810. The molecule has 0 amide bonds. The van der Waals surface area contributed by atoms with Gasteiger partial charge in [0.1, 0.15) is 0 Å². The number of anilines is 1. The summed E-state index contributed by atoms with van der Waals surface area (Å²) in [5.74, 6) is 0. The van der Waals surface area contributed by atoms with Crippen LogP contribution in [0.25, 0.3) is 0 Å². The van der Waals surface area contributed by atoms with Crippen LogP contribution in [0.1, 0.15) is 0 Å². The standard InChI is InChI=1S/C6H5N3O4.N2/c10-8(11)7(9(12)13)6-4-2-1-3-5-6;1-2/h1-5H;. The molecule has 1 aromatic rings. The molecule has 0 atom stereocenters. The maximum Gasteiger partial charge on any atom is 0.228 e. The zero-order valence-electron chi connectivity index (χ0n) is 7.26. The molecule has 0 bridgehead atoms. The molecule has 1 aromatic carbocycles. The molecule has 0 heterocycles. The number of hydrogen-bond acceptors (Lipinski definition) is 6. The van der Waals surface area contributed by atoms with Gasteiger partial charge in [-0.3, -0.25) is 0 Å². The molecule has 78 valence electrons. The number of rotatable bonds is 3. The fourth-order valence-electron chi connectivity index (χ4n) is 0.810. The monoisotopic (exact) mass is 211 g/mol. The molecular formula is C6H5N5O4. The highest BCUT2D eigenvalue weighted by atomic mass is 16.8. The predicted octanol–water partition coefficient (Wildman–Crippen LogP) is 0.907. The molecule has 0 N–H and O–H groups in total. The normalized spacial score (nSPS) is 8.13. The number of hydrogen-bond donors (Lipinski definition) is 0. The minimum absolute atomic E-state index is 0.0856. The number of hydrazine groups is 2. The van der Waals surface area contributed by atoms with E-state index in [1.54, 1.807) is 6.07 Å². The summed E-state index contributed by atoms with van der Waals surface area (Å²) in [5.41, 5.74) is -0.0856. The van der Waals surface area contributed by atoms with E-state index >= 15 is 0 Å². The lowest BCUT2D eigenvalue weighted by molar-refractivity contribution is -0.711. The minimum atomic E-state index is -1.09. The number of benzene rings is 1. The lowest BCUT2D eigenvalue weighted by Crippen LogP contribution is -2.35. The number of nitro groups is 2. The van der Waals surface area contributed by atoms with Crippen LogP contribution in [0, 0.1) is 31.0 Å². The van der Waals surface area contributed by atoms with E-state index in [0.29, 0.717) is 0 Å².